The zero-order chi connectivity index (χ0) is 16.8. The van der Waals surface area contributed by atoms with Crippen molar-refractivity contribution in [1.82, 2.24) is 10.6 Å². The molecule has 0 spiro atoms. The van der Waals surface area contributed by atoms with Crippen molar-refractivity contribution in [2.24, 2.45) is 0 Å². The molecule has 6 nitrogen and oxygen atoms in total. The summed E-state index contributed by atoms with van der Waals surface area (Å²) >= 11 is 0. The maximum absolute atomic E-state index is 11.8. The van der Waals surface area contributed by atoms with Gasteiger partial charge in [0.05, 0.1) is 6.42 Å². The Morgan fingerprint density at radius 3 is 2.65 bits per heavy atom. The summed E-state index contributed by atoms with van der Waals surface area (Å²) in [5.41, 5.74) is 3.52. The van der Waals surface area contributed by atoms with Crippen molar-refractivity contribution >= 4 is 17.9 Å². The lowest BCUT2D eigenvalue weighted by Crippen LogP contribution is -2.44. The number of ether oxygens (including phenoxy) is 1. The third-order valence-corrected chi connectivity index (χ3v) is 3.55. The number of imide groups is 1. The second kappa shape index (κ2) is 7.76. The summed E-state index contributed by atoms with van der Waals surface area (Å²) in [7, 11) is 0. The molecule has 0 atom stereocenters. The van der Waals surface area contributed by atoms with E-state index in [-0.39, 0.29) is 12.5 Å². The number of carbonyl (C=O) groups excluding carboxylic acids is 3. The molecule has 0 saturated carbocycles. The van der Waals surface area contributed by atoms with Gasteiger partial charge in [-0.1, -0.05) is 18.2 Å². The van der Waals surface area contributed by atoms with E-state index in [1.165, 1.54) is 11.1 Å². The highest BCUT2D eigenvalue weighted by Gasteiger charge is 2.14. The molecule has 0 radical (unpaired) electrons. The van der Waals surface area contributed by atoms with E-state index in [1.54, 1.807) is 13.8 Å². The van der Waals surface area contributed by atoms with Crippen molar-refractivity contribution in [3.8, 4) is 0 Å². The van der Waals surface area contributed by atoms with Crippen LogP contribution in [0, 0.1) is 0 Å². The number of aryl methyl sites for hydroxylation is 2. The van der Waals surface area contributed by atoms with Crippen LogP contribution >= 0.6 is 0 Å². The Morgan fingerprint density at radius 2 is 1.91 bits per heavy atom. The Morgan fingerprint density at radius 1 is 1.17 bits per heavy atom. The molecule has 124 valence electrons. The third kappa shape index (κ3) is 5.39. The predicted octanol–water partition coefficient (Wildman–Crippen LogP) is 1.50. The Kier molecular flexibility index (Phi) is 5.73. The van der Waals surface area contributed by atoms with Crippen LogP contribution in [0.3, 0.4) is 0 Å². The summed E-state index contributed by atoms with van der Waals surface area (Å²) in [5.74, 6) is -1.13. The topological polar surface area (TPSA) is 84.5 Å². The van der Waals surface area contributed by atoms with Crippen LogP contribution in [0.15, 0.2) is 18.2 Å². The highest BCUT2D eigenvalue weighted by Crippen LogP contribution is 2.23. The minimum absolute atomic E-state index is 0.0786. The van der Waals surface area contributed by atoms with E-state index in [9.17, 15) is 14.4 Å². The zero-order valence-electron chi connectivity index (χ0n) is 13.5. The fourth-order valence-electron chi connectivity index (χ4n) is 2.56. The van der Waals surface area contributed by atoms with E-state index in [0.29, 0.717) is 0 Å². The summed E-state index contributed by atoms with van der Waals surface area (Å²) in [6.07, 6.45) is 3.42. The van der Waals surface area contributed by atoms with Gasteiger partial charge in [-0.05, 0) is 49.8 Å². The van der Waals surface area contributed by atoms with E-state index >= 15 is 0 Å². The number of rotatable bonds is 5. The molecule has 0 aromatic heterocycles. The average molecular weight is 318 g/mol. The molecule has 0 bridgehead atoms. The summed E-state index contributed by atoms with van der Waals surface area (Å²) < 4.78 is 4.90. The normalized spacial score (nSPS) is 12.7. The van der Waals surface area contributed by atoms with Crippen LogP contribution in [0.25, 0.3) is 0 Å². The van der Waals surface area contributed by atoms with Gasteiger partial charge in [0, 0.05) is 6.04 Å². The molecule has 6 heteroatoms. The summed E-state index contributed by atoms with van der Waals surface area (Å²) in [5, 5.41) is 4.61. The van der Waals surface area contributed by atoms with Crippen LogP contribution in [-0.4, -0.2) is 30.6 Å². The Labute approximate surface area is 135 Å². The lowest BCUT2D eigenvalue weighted by molar-refractivity contribution is -0.147. The maximum Gasteiger partial charge on any atom is 0.321 e. The third-order valence-electron chi connectivity index (χ3n) is 3.55. The summed E-state index contributed by atoms with van der Waals surface area (Å²) in [4.78, 5) is 34.6. The lowest BCUT2D eigenvalue weighted by Gasteiger charge is -2.09. The van der Waals surface area contributed by atoms with Crippen molar-refractivity contribution in [2.75, 3.05) is 6.61 Å². The molecule has 0 saturated heterocycles. The SMILES string of the molecule is CC(C)NC(=O)NC(=O)COC(=O)Cc1ccc2c(c1)CCC2. The van der Waals surface area contributed by atoms with Crippen LogP contribution in [-0.2, 0) is 33.6 Å². The van der Waals surface area contributed by atoms with E-state index in [0.717, 1.165) is 24.8 Å². The number of fused-ring (bicyclic) bond motifs is 1. The molecule has 1 aromatic rings. The van der Waals surface area contributed by atoms with Gasteiger partial charge in [-0.25, -0.2) is 4.79 Å². The van der Waals surface area contributed by atoms with Crippen LogP contribution < -0.4 is 10.6 Å². The summed E-state index contributed by atoms with van der Waals surface area (Å²) in [6.45, 7) is 3.09. The Hall–Kier alpha value is -2.37. The van der Waals surface area contributed by atoms with E-state index in [1.807, 2.05) is 18.2 Å². The fourth-order valence-corrected chi connectivity index (χ4v) is 2.56. The number of benzene rings is 1. The first-order valence-corrected chi connectivity index (χ1v) is 7.80. The lowest BCUT2D eigenvalue weighted by atomic mass is 10.0. The molecule has 23 heavy (non-hydrogen) atoms. The molecule has 2 rings (SSSR count). The molecule has 2 N–H and O–H groups in total. The molecule has 3 amide bonds. The predicted molar refractivity (Wildman–Crippen MR) is 84.9 cm³/mol. The van der Waals surface area contributed by atoms with E-state index < -0.39 is 24.5 Å². The standard InChI is InChI=1S/C17H22N2O4/c1-11(2)18-17(22)19-15(20)10-23-16(21)9-12-6-7-13-4-3-5-14(13)8-12/h6-8,11H,3-5,9-10H2,1-2H3,(H2,18,19,20,22). The monoisotopic (exact) mass is 318 g/mol. The molecule has 0 unspecified atom stereocenters. The second-order valence-corrected chi connectivity index (χ2v) is 5.97. The zero-order valence-corrected chi connectivity index (χ0v) is 13.5. The van der Waals surface area contributed by atoms with Gasteiger partial charge in [0.2, 0.25) is 0 Å². The smallest absolute Gasteiger partial charge is 0.321 e. The van der Waals surface area contributed by atoms with Gasteiger partial charge in [0.1, 0.15) is 0 Å². The van der Waals surface area contributed by atoms with Crippen molar-refractivity contribution in [2.45, 2.75) is 45.6 Å². The van der Waals surface area contributed by atoms with Crippen LogP contribution in [0.5, 0.6) is 0 Å². The average Bonchev–Trinajstić information content (AvgIpc) is 2.91. The van der Waals surface area contributed by atoms with Gasteiger partial charge in [0.15, 0.2) is 6.61 Å². The first kappa shape index (κ1) is 17.0. The second-order valence-electron chi connectivity index (χ2n) is 5.97. The minimum Gasteiger partial charge on any atom is -0.455 e. The number of hydrogen-bond acceptors (Lipinski definition) is 4. The Balaban J connectivity index is 1.74. The first-order chi connectivity index (χ1) is 10.9. The van der Waals surface area contributed by atoms with Crippen molar-refractivity contribution in [3.05, 3.63) is 34.9 Å². The number of hydrogen-bond donors (Lipinski definition) is 2. The first-order valence-electron chi connectivity index (χ1n) is 7.80. The van der Waals surface area contributed by atoms with E-state index in [4.69, 9.17) is 4.74 Å². The van der Waals surface area contributed by atoms with Gasteiger partial charge in [-0.3, -0.25) is 14.9 Å². The highest BCUT2D eigenvalue weighted by atomic mass is 16.5. The van der Waals surface area contributed by atoms with Crippen LogP contribution in [0.4, 0.5) is 4.79 Å². The van der Waals surface area contributed by atoms with Gasteiger partial charge in [0.25, 0.3) is 5.91 Å². The summed E-state index contributed by atoms with van der Waals surface area (Å²) in [6, 6.07) is 5.32. The molecule has 0 heterocycles. The van der Waals surface area contributed by atoms with Crippen LogP contribution in [0.2, 0.25) is 0 Å². The highest BCUT2D eigenvalue weighted by molar-refractivity contribution is 5.95. The molecule has 1 aliphatic carbocycles. The maximum atomic E-state index is 11.8. The Bertz CT molecular complexity index is 611. The fraction of sp³-hybridized carbons (Fsp3) is 0.471. The quantitative estimate of drug-likeness (QED) is 0.806. The number of esters is 1. The molecule has 1 aliphatic rings. The minimum atomic E-state index is -0.648. The molecule has 1 aromatic carbocycles. The van der Waals surface area contributed by atoms with Gasteiger partial charge < -0.3 is 10.1 Å². The number of urea groups is 1. The van der Waals surface area contributed by atoms with E-state index in [2.05, 4.69) is 10.6 Å². The molecule has 0 aliphatic heterocycles. The number of amides is 3. The van der Waals surface area contributed by atoms with Gasteiger partial charge in [-0.2, -0.15) is 0 Å². The molecule has 0 fully saturated rings. The van der Waals surface area contributed by atoms with Crippen molar-refractivity contribution in [1.29, 1.82) is 0 Å². The van der Waals surface area contributed by atoms with Crippen LogP contribution in [0.1, 0.15) is 37.0 Å². The number of nitrogens with one attached hydrogen (secondary N) is 2. The molecular weight excluding hydrogens is 296 g/mol. The van der Waals surface area contributed by atoms with Gasteiger partial charge >= 0.3 is 12.0 Å². The van der Waals surface area contributed by atoms with Gasteiger partial charge in [-0.15, -0.1) is 0 Å². The van der Waals surface area contributed by atoms with Crippen molar-refractivity contribution in [3.63, 3.8) is 0 Å². The largest absolute Gasteiger partial charge is 0.455 e. The molecular formula is C17H22N2O4. The van der Waals surface area contributed by atoms with Crippen molar-refractivity contribution < 1.29 is 19.1 Å². The number of carbonyl (C=O) groups is 3.